The molecule has 1 aliphatic heterocycles. The number of hydrogen-bond donors (Lipinski definition) is 0. The molecular formula is C16H17N5. The van der Waals surface area contributed by atoms with Crippen LogP contribution >= 0.6 is 0 Å². The molecule has 1 aromatic carbocycles. The smallest absolute Gasteiger partial charge is 0.140 e. The first kappa shape index (κ1) is 12.3. The van der Waals surface area contributed by atoms with Crippen molar-refractivity contribution in [2.24, 2.45) is 0 Å². The number of hydrogen-bond acceptors (Lipinski definition) is 4. The molecule has 0 amide bonds. The number of anilines is 1. The highest BCUT2D eigenvalue weighted by atomic mass is 15.3. The lowest BCUT2D eigenvalue weighted by molar-refractivity contribution is 0.508. The van der Waals surface area contributed by atoms with Crippen LogP contribution in [0.2, 0.25) is 0 Å². The van der Waals surface area contributed by atoms with Crippen molar-refractivity contribution in [2.75, 3.05) is 11.4 Å². The van der Waals surface area contributed by atoms with Gasteiger partial charge in [0.15, 0.2) is 0 Å². The molecule has 3 aromatic rings. The molecule has 0 bridgehead atoms. The molecule has 5 nitrogen and oxygen atoms in total. The third-order valence-corrected chi connectivity index (χ3v) is 4.13. The van der Waals surface area contributed by atoms with Gasteiger partial charge in [-0.1, -0.05) is 12.1 Å². The molecule has 5 heteroatoms. The van der Waals surface area contributed by atoms with E-state index in [-0.39, 0.29) is 0 Å². The molecule has 2 aromatic heterocycles. The fraction of sp³-hybridized carbons (Fsp3) is 0.312. The van der Waals surface area contributed by atoms with Gasteiger partial charge in [-0.2, -0.15) is 5.10 Å². The van der Waals surface area contributed by atoms with Crippen molar-refractivity contribution in [1.82, 2.24) is 19.7 Å². The predicted molar refractivity (Wildman–Crippen MR) is 82.1 cm³/mol. The molecular weight excluding hydrogens is 262 g/mol. The Balaban J connectivity index is 1.70. The normalized spacial score (nSPS) is 18.5. The lowest BCUT2D eigenvalue weighted by atomic mass is 10.2. The highest BCUT2D eigenvalue weighted by molar-refractivity contribution is 5.89. The van der Waals surface area contributed by atoms with Gasteiger partial charge in [-0.15, -0.1) is 0 Å². The van der Waals surface area contributed by atoms with Gasteiger partial charge in [0, 0.05) is 24.3 Å². The maximum absolute atomic E-state index is 4.55. The Morgan fingerprint density at radius 3 is 3.00 bits per heavy atom. The van der Waals surface area contributed by atoms with E-state index in [1.165, 1.54) is 12.8 Å². The number of para-hydroxylation sites is 1. The van der Waals surface area contributed by atoms with Crippen molar-refractivity contribution < 1.29 is 0 Å². The van der Waals surface area contributed by atoms with Crippen LogP contribution in [0.5, 0.6) is 0 Å². The standard InChI is InChI=1S/C16H17N5/c1-2-7-15-14(6-1)16(18-12-17-15)21-10-3-5-13(21)11-20-9-4-8-19-20/h1-2,4,6-9,12-13H,3,5,10-11H2/t13-/m1/s1. The molecule has 1 fully saturated rings. The summed E-state index contributed by atoms with van der Waals surface area (Å²) in [5.41, 5.74) is 1.01. The van der Waals surface area contributed by atoms with Crippen LogP contribution in [0.4, 0.5) is 5.82 Å². The number of fused-ring (bicyclic) bond motifs is 1. The van der Waals surface area contributed by atoms with Crippen molar-refractivity contribution in [3.63, 3.8) is 0 Å². The molecule has 0 unspecified atom stereocenters. The fourth-order valence-corrected chi connectivity index (χ4v) is 3.15. The Morgan fingerprint density at radius 2 is 2.10 bits per heavy atom. The van der Waals surface area contributed by atoms with E-state index < -0.39 is 0 Å². The molecule has 0 radical (unpaired) electrons. The van der Waals surface area contributed by atoms with Crippen molar-refractivity contribution in [1.29, 1.82) is 0 Å². The predicted octanol–water partition coefficient (Wildman–Crippen LogP) is 2.50. The van der Waals surface area contributed by atoms with E-state index in [2.05, 4.69) is 26.0 Å². The zero-order chi connectivity index (χ0) is 14.1. The summed E-state index contributed by atoms with van der Waals surface area (Å²) in [6.07, 6.45) is 7.90. The lowest BCUT2D eigenvalue weighted by Crippen LogP contribution is -2.33. The maximum atomic E-state index is 4.55. The van der Waals surface area contributed by atoms with Gasteiger partial charge in [-0.25, -0.2) is 9.97 Å². The van der Waals surface area contributed by atoms with Crippen molar-refractivity contribution in [3.05, 3.63) is 49.1 Å². The highest BCUT2D eigenvalue weighted by Gasteiger charge is 2.27. The summed E-state index contributed by atoms with van der Waals surface area (Å²) in [6, 6.07) is 10.6. The Labute approximate surface area is 123 Å². The minimum atomic E-state index is 0.447. The minimum absolute atomic E-state index is 0.447. The topological polar surface area (TPSA) is 46.8 Å². The molecule has 0 N–H and O–H groups in total. The first-order chi connectivity index (χ1) is 10.4. The molecule has 4 rings (SSSR count). The number of rotatable bonds is 3. The molecule has 1 saturated heterocycles. The third kappa shape index (κ3) is 2.24. The van der Waals surface area contributed by atoms with E-state index in [1.54, 1.807) is 6.33 Å². The van der Waals surface area contributed by atoms with Crippen molar-refractivity contribution >= 4 is 16.7 Å². The summed E-state index contributed by atoms with van der Waals surface area (Å²) in [5.74, 6) is 1.05. The molecule has 106 valence electrons. The summed E-state index contributed by atoms with van der Waals surface area (Å²) >= 11 is 0. The average Bonchev–Trinajstić information content (AvgIpc) is 3.19. The van der Waals surface area contributed by atoms with Crippen LogP contribution in [0.1, 0.15) is 12.8 Å². The molecule has 21 heavy (non-hydrogen) atoms. The molecule has 1 atom stereocenters. The van der Waals surface area contributed by atoms with Gasteiger partial charge in [-0.3, -0.25) is 4.68 Å². The average molecular weight is 279 g/mol. The Hall–Kier alpha value is -2.43. The first-order valence-electron chi connectivity index (χ1n) is 7.35. The molecule has 0 spiro atoms. The SMILES string of the molecule is c1ccc2c(N3CCC[C@@H]3Cn3cccn3)ncnc2c1. The second-order valence-electron chi connectivity index (χ2n) is 5.43. The van der Waals surface area contributed by atoms with E-state index >= 15 is 0 Å². The molecule has 0 aliphatic carbocycles. The number of nitrogens with zero attached hydrogens (tertiary/aromatic N) is 5. The van der Waals surface area contributed by atoms with Gasteiger partial charge in [-0.05, 0) is 31.0 Å². The molecule has 3 heterocycles. The van der Waals surface area contributed by atoms with Gasteiger partial charge in [0.25, 0.3) is 0 Å². The van der Waals surface area contributed by atoms with E-state index in [9.17, 15) is 0 Å². The van der Waals surface area contributed by atoms with Crippen molar-refractivity contribution in [2.45, 2.75) is 25.4 Å². The Bertz CT molecular complexity index is 732. The van der Waals surface area contributed by atoms with Gasteiger partial charge in [0.1, 0.15) is 12.1 Å². The van der Waals surface area contributed by atoms with Crippen LogP contribution in [-0.2, 0) is 6.54 Å². The summed E-state index contributed by atoms with van der Waals surface area (Å²) in [4.78, 5) is 11.3. The third-order valence-electron chi connectivity index (χ3n) is 4.13. The monoisotopic (exact) mass is 279 g/mol. The summed E-state index contributed by atoms with van der Waals surface area (Å²) < 4.78 is 2.01. The van der Waals surface area contributed by atoms with E-state index in [4.69, 9.17) is 0 Å². The van der Waals surface area contributed by atoms with Gasteiger partial charge < -0.3 is 4.90 Å². The van der Waals surface area contributed by atoms with Crippen LogP contribution < -0.4 is 4.90 Å². The summed E-state index contributed by atoms with van der Waals surface area (Å²) in [6.45, 7) is 1.96. The summed E-state index contributed by atoms with van der Waals surface area (Å²) in [7, 11) is 0. The van der Waals surface area contributed by atoms with Crippen LogP contribution in [0, 0.1) is 0 Å². The quantitative estimate of drug-likeness (QED) is 0.739. The summed E-state index contributed by atoms with van der Waals surface area (Å²) in [5, 5.41) is 5.46. The second-order valence-corrected chi connectivity index (χ2v) is 5.43. The minimum Gasteiger partial charge on any atom is -0.351 e. The molecule has 1 aliphatic rings. The number of benzene rings is 1. The highest BCUT2D eigenvalue weighted by Crippen LogP contribution is 2.29. The van der Waals surface area contributed by atoms with Crippen LogP contribution in [-0.4, -0.2) is 32.3 Å². The van der Waals surface area contributed by atoms with E-state index in [1.807, 2.05) is 41.3 Å². The van der Waals surface area contributed by atoms with Gasteiger partial charge in [0.05, 0.1) is 18.1 Å². The van der Waals surface area contributed by atoms with E-state index in [0.29, 0.717) is 6.04 Å². The zero-order valence-electron chi connectivity index (χ0n) is 11.8. The maximum Gasteiger partial charge on any atom is 0.140 e. The fourth-order valence-electron chi connectivity index (χ4n) is 3.15. The number of aromatic nitrogens is 4. The van der Waals surface area contributed by atoms with Crippen LogP contribution in [0.25, 0.3) is 10.9 Å². The first-order valence-corrected chi connectivity index (χ1v) is 7.35. The van der Waals surface area contributed by atoms with E-state index in [0.717, 1.165) is 29.8 Å². The lowest BCUT2D eigenvalue weighted by Gasteiger charge is -2.26. The Kier molecular flexibility index (Phi) is 3.03. The largest absolute Gasteiger partial charge is 0.351 e. The Morgan fingerprint density at radius 1 is 1.14 bits per heavy atom. The zero-order valence-corrected chi connectivity index (χ0v) is 11.8. The van der Waals surface area contributed by atoms with Gasteiger partial charge in [0.2, 0.25) is 0 Å². The van der Waals surface area contributed by atoms with Crippen LogP contribution in [0.3, 0.4) is 0 Å². The van der Waals surface area contributed by atoms with Crippen molar-refractivity contribution in [3.8, 4) is 0 Å². The molecule has 0 saturated carbocycles. The van der Waals surface area contributed by atoms with Gasteiger partial charge >= 0.3 is 0 Å². The second kappa shape index (κ2) is 5.16. The van der Waals surface area contributed by atoms with Crippen LogP contribution in [0.15, 0.2) is 49.1 Å².